The Balaban J connectivity index is 1.96. The van der Waals surface area contributed by atoms with Crippen LogP contribution in [0.2, 0.25) is 0 Å². The highest BCUT2D eigenvalue weighted by molar-refractivity contribution is 6.51. The molecule has 1 saturated heterocycles. The van der Waals surface area contributed by atoms with Gasteiger partial charge in [-0.2, -0.15) is 0 Å². The summed E-state index contributed by atoms with van der Waals surface area (Å²) in [5, 5.41) is 11.2. The summed E-state index contributed by atoms with van der Waals surface area (Å²) in [7, 11) is 2.83. The van der Waals surface area contributed by atoms with E-state index in [1.54, 1.807) is 19.1 Å². The Morgan fingerprint density at radius 2 is 1.76 bits per heavy atom. The van der Waals surface area contributed by atoms with Crippen LogP contribution in [0.4, 0.5) is 14.5 Å². The van der Waals surface area contributed by atoms with Crippen LogP contribution in [0.25, 0.3) is 5.76 Å². The van der Waals surface area contributed by atoms with E-state index < -0.39 is 35.1 Å². The molecule has 1 aliphatic heterocycles. The van der Waals surface area contributed by atoms with Gasteiger partial charge in [0.15, 0.2) is 11.6 Å². The Labute approximate surface area is 187 Å². The van der Waals surface area contributed by atoms with Crippen molar-refractivity contribution in [2.75, 3.05) is 19.1 Å². The predicted molar refractivity (Wildman–Crippen MR) is 114 cm³/mol. The maximum absolute atomic E-state index is 14.0. The van der Waals surface area contributed by atoms with Crippen LogP contribution in [-0.2, 0) is 9.59 Å². The molecule has 1 aromatic heterocycles. The van der Waals surface area contributed by atoms with E-state index in [0.29, 0.717) is 11.5 Å². The molecule has 2 aromatic carbocycles. The number of hydrogen-bond donors (Lipinski definition) is 1. The molecule has 0 radical (unpaired) electrons. The van der Waals surface area contributed by atoms with E-state index in [0.717, 1.165) is 17.0 Å². The van der Waals surface area contributed by atoms with Gasteiger partial charge in [-0.3, -0.25) is 14.5 Å². The molecule has 1 amide bonds. The third kappa shape index (κ3) is 3.71. The summed E-state index contributed by atoms with van der Waals surface area (Å²) >= 11 is 0. The topological polar surface area (TPSA) is 89.2 Å². The molecule has 170 valence electrons. The normalized spacial score (nSPS) is 17.5. The van der Waals surface area contributed by atoms with Crippen LogP contribution in [0, 0.1) is 18.6 Å². The highest BCUT2D eigenvalue weighted by Gasteiger charge is 2.48. The van der Waals surface area contributed by atoms with Gasteiger partial charge in [-0.25, -0.2) is 8.78 Å². The van der Waals surface area contributed by atoms with Gasteiger partial charge in [0.1, 0.15) is 34.8 Å². The van der Waals surface area contributed by atoms with Gasteiger partial charge in [-0.1, -0.05) is 0 Å². The van der Waals surface area contributed by atoms with Crippen LogP contribution < -0.4 is 14.4 Å². The fourth-order valence-corrected chi connectivity index (χ4v) is 3.74. The molecule has 7 nitrogen and oxygen atoms in total. The van der Waals surface area contributed by atoms with E-state index in [1.807, 2.05) is 0 Å². The largest absolute Gasteiger partial charge is 0.507 e. The summed E-state index contributed by atoms with van der Waals surface area (Å²) < 4.78 is 43.6. The fraction of sp³-hybridized carbons (Fsp3) is 0.167. The molecular formula is C24H19F2NO6. The average molecular weight is 455 g/mol. The van der Waals surface area contributed by atoms with Crippen LogP contribution in [0.3, 0.4) is 0 Å². The Morgan fingerprint density at radius 3 is 2.36 bits per heavy atom. The smallest absolute Gasteiger partial charge is 0.300 e. The molecule has 1 aliphatic rings. The SMILES string of the molecule is COc1ccc(/C(O)=C2/C(=O)C(=O)N(c3ccc(F)c(F)c3)C2c2ccc(C)o2)c(OC)c1. The standard InChI is InChI=1S/C24H19F2NO6/c1-12-4-9-18(33-12)21-20(22(28)15-7-6-14(31-2)11-19(15)32-3)23(29)24(30)27(21)13-5-8-16(25)17(26)10-13/h4-11,21,28H,1-3H3/b22-20-. The number of halogens is 2. The number of amides is 1. The van der Waals surface area contributed by atoms with Gasteiger partial charge in [0.05, 0.1) is 25.4 Å². The zero-order valence-electron chi connectivity index (χ0n) is 17.9. The van der Waals surface area contributed by atoms with Crippen molar-refractivity contribution in [3.05, 3.63) is 82.8 Å². The summed E-state index contributed by atoms with van der Waals surface area (Å²) in [6, 6.07) is 9.28. The van der Waals surface area contributed by atoms with Gasteiger partial charge in [-0.15, -0.1) is 0 Å². The van der Waals surface area contributed by atoms with Gasteiger partial charge in [0.2, 0.25) is 0 Å². The molecule has 0 saturated carbocycles. The van der Waals surface area contributed by atoms with E-state index in [9.17, 15) is 23.5 Å². The minimum Gasteiger partial charge on any atom is -0.507 e. The van der Waals surface area contributed by atoms with Crippen molar-refractivity contribution < 1.29 is 37.4 Å². The number of aryl methyl sites for hydroxylation is 1. The molecule has 2 heterocycles. The maximum Gasteiger partial charge on any atom is 0.300 e. The van der Waals surface area contributed by atoms with Crippen molar-refractivity contribution in [1.29, 1.82) is 0 Å². The number of anilines is 1. The number of hydrogen-bond acceptors (Lipinski definition) is 6. The third-order valence-corrected chi connectivity index (χ3v) is 5.32. The van der Waals surface area contributed by atoms with Crippen LogP contribution in [-0.4, -0.2) is 31.0 Å². The monoisotopic (exact) mass is 455 g/mol. The second-order valence-electron chi connectivity index (χ2n) is 7.28. The van der Waals surface area contributed by atoms with Gasteiger partial charge in [-0.05, 0) is 43.3 Å². The van der Waals surface area contributed by atoms with Gasteiger partial charge in [0.25, 0.3) is 11.7 Å². The van der Waals surface area contributed by atoms with Crippen LogP contribution in [0.5, 0.6) is 11.5 Å². The van der Waals surface area contributed by atoms with E-state index >= 15 is 0 Å². The maximum atomic E-state index is 14.0. The molecule has 4 rings (SSSR count). The minimum atomic E-state index is -1.23. The average Bonchev–Trinajstić information content (AvgIpc) is 3.35. The number of rotatable bonds is 5. The number of ether oxygens (including phenoxy) is 2. The van der Waals surface area contributed by atoms with Crippen molar-refractivity contribution in [2.24, 2.45) is 0 Å². The van der Waals surface area contributed by atoms with Crippen LogP contribution in [0.15, 0.2) is 58.5 Å². The number of methoxy groups -OCH3 is 2. The summed E-state index contributed by atoms with van der Waals surface area (Å²) in [6.07, 6.45) is 0. The van der Waals surface area contributed by atoms with Gasteiger partial charge >= 0.3 is 0 Å². The second-order valence-corrected chi connectivity index (χ2v) is 7.28. The first-order chi connectivity index (χ1) is 15.8. The summed E-state index contributed by atoms with van der Waals surface area (Å²) in [5.41, 5.74) is -0.229. The molecule has 0 bridgehead atoms. The molecule has 1 N–H and O–H groups in total. The number of Topliss-reactive ketones (excluding diaryl/α,β-unsaturated/α-hetero) is 1. The zero-order valence-corrected chi connectivity index (χ0v) is 17.9. The van der Waals surface area contributed by atoms with Gasteiger partial charge in [0, 0.05) is 17.8 Å². The van der Waals surface area contributed by atoms with E-state index in [4.69, 9.17) is 13.9 Å². The number of benzene rings is 2. The lowest BCUT2D eigenvalue weighted by Gasteiger charge is -2.23. The number of ketones is 1. The molecule has 1 unspecified atom stereocenters. The first kappa shape index (κ1) is 22.1. The lowest BCUT2D eigenvalue weighted by Crippen LogP contribution is -2.29. The predicted octanol–water partition coefficient (Wildman–Crippen LogP) is 4.51. The molecule has 9 heteroatoms. The Bertz CT molecular complexity index is 1300. The van der Waals surface area contributed by atoms with Crippen molar-refractivity contribution in [1.82, 2.24) is 0 Å². The molecule has 0 aliphatic carbocycles. The summed E-state index contributed by atoms with van der Waals surface area (Å²) in [6.45, 7) is 1.67. The number of furan rings is 1. The fourth-order valence-electron chi connectivity index (χ4n) is 3.74. The quantitative estimate of drug-likeness (QED) is 0.346. The van der Waals surface area contributed by atoms with Crippen molar-refractivity contribution in [3.63, 3.8) is 0 Å². The summed E-state index contributed by atoms with van der Waals surface area (Å²) in [5.74, 6) is -3.58. The number of carbonyl (C=O) groups is 2. The minimum absolute atomic E-state index is 0.0733. The van der Waals surface area contributed by atoms with Crippen molar-refractivity contribution in [2.45, 2.75) is 13.0 Å². The number of carbonyl (C=O) groups excluding carboxylic acids is 2. The Hall–Kier alpha value is -4.14. The van der Waals surface area contributed by atoms with E-state index in [2.05, 4.69) is 0 Å². The molecule has 1 fully saturated rings. The Morgan fingerprint density at radius 1 is 1.00 bits per heavy atom. The first-order valence-corrected chi connectivity index (χ1v) is 9.81. The third-order valence-electron chi connectivity index (χ3n) is 5.32. The van der Waals surface area contributed by atoms with E-state index in [-0.39, 0.29) is 28.3 Å². The highest BCUT2D eigenvalue weighted by Crippen LogP contribution is 2.44. The molecular weight excluding hydrogens is 436 g/mol. The van der Waals surface area contributed by atoms with Gasteiger partial charge < -0.3 is 19.0 Å². The first-order valence-electron chi connectivity index (χ1n) is 9.81. The highest BCUT2D eigenvalue weighted by atomic mass is 19.2. The molecule has 33 heavy (non-hydrogen) atoms. The van der Waals surface area contributed by atoms with Crippen molar-refractivity contribution >= 4 is 23.1 Å². The lowest BCUT2D eigenvalue weighted by molar-refractivity contribution is -0.132. The Kier molecular flexibility index (Phi) is 5.63. The van der Waals surface area contributed by atoms with Crippen LogP contribution in [0.1, 0.15) is 23.1 Å². The molecule has 1 atom stereocenters. The van der Waals surface area contributed by atoms with Crippen LogP contribution >= 0.6 is 0 Å². The molecule has 3 aromatic rings. The van der Waals surface area contributed by atoms with E-state index in [1.165, 1.54) is 38.5 Å². The number of aliphatic hydroxyl groups is 1. The second kappa shape index (κ2) is 8.42. The van der Waals surface area contributed by atoms with Crippen molar-refractivity contribution in [3.8, 4) is 11.5 Å². The summed E-state index contributed by atoms with van der Waals surface area (Å²) in [4.78, 5) is 27.1. The lowest BCUT2D eigenvalue weighted by atomic mass is 9.98. The molecule has 0 spiro atoms. The number of nitrogens with zero attached hydrogens (tertiary/aromatic N) is 1. The zero-order chi connectivity index (χ0) is 23.9. The number of aliphatic hydroxyl groups excluding tert-OH is 1.